The number of piperidine rings is 1. The number of hydrogen-bond donors (Lipinski definition) is 1. The lowest BCUT2D eigenvalue weighted by atomic mass is 10.1. The lowest BCUT2D eigenvalue weighted by molar-refractivity contribution is 0.225. The second kappa shape index (κ2) is 7.04. The van der Waals surface area contributed by atoms with Gasteiger partial charge in [0.25, 0.3) is 0 Å². The molecule has 1 N–H and O–H groups in total. The van der Waals surface area contributed by atoms with Crippen LogP contribution in [0.4, 0.5) is 0 Å². The van der Waals surface area contributed by atoms with Gasteiger partial charge in [-0.15, -0.1) is 0 Å². The zero-order valence-electron chi connectivity index (χ0n) is 10.3. The van der Waals surface area contributed by atoms with E-state index in [0.29, 0.717) is 5.22 Å². The van der Waals surface area contributed by atoms with Gasteiger partial charge in [-0.2, -0.15) is 0 Å². The Labute approximate surface area is 108 Å². The van der Waals surface area contributed by atoms with E-state index in [2.05, 4.69) is 10.2 Å². The van der Waals surface area contributed by atoms with Crippen molar-refractivity contribution in [2.24, 2.45) is 0 Å². The Hall–Kier alpha value is -0.510. The van der Waals surface area contributed by atoms with Crippen molar-refractivity contribution in [3.63, 3.8) is 0 Å². The average Bonchev–Trinajstić information content (AvgIpc) is 2.76. The molecule has 1 aliphatic rings. The fourth-order valence-corrected chi connectivity index (χ4v) is 2.43. The molecule has 2 heterocycles. The Morgan fingerprint density at radius 3 is 2.76 bits per heavy atom. The molecule has 0 aromatic carbocycles. The molecule has 1 aromatic rings. The molecule has 1 fully saturated rings. The van der Waals surface area contributed by atoms with Crippen LogP contribution in [0.15, 0.2) is 16.5 Å². The quantitative estimate of drug-likeness (QED) is 0.794. The first-order chi connectivity index (χ1) is 8.34. The third kappa shape index (κ3) is 4.70. The van der Waals surface area contributed by atoms with Crippen LogP contribution in [0.1, 0.15) is 31.4 Å². The van der Waals surface area contributed by atoms with Crippen LogP contribution in [0, 0.1) is 0 Å². The number of nitrogens with one attached hydrogen (secondary N) is 1. The molecule has 0 spiro atoms. The molecule has 0 atom stereocenters. The van der Waals surface area contributed by atoms with Crippen LogP contribution in [0.3, 0.4) is 0 Å². The first-order valence-electron chi connectivity index (χ1n) is 6.52. The van der Waals surface area contributed by atoms with Gasteiger partial charge in [0, 0.05) is 0 Å². The summed E-state index contributed by atoms with van der Waals surface area (Å²) in [5.41, 5.74) is 0. The Morgan fingerprint density at radius 1 is 1.24 bits per heavy atom. The molecule has 96 valence electrons. The zero-order valence-corrected chi connectivity index (χ0v) is 11.0. The Kier molecular flexibility index (Phi) is 5.36. The van der Waals surface area contributed by atoms with E-state index in [0.717, 1.165) is 18.8 Å². The Bertz CT molecular complexity index is 321. The summed E-state index contributed by atoms with van der Waals surface area (Å²) in [6.45, 7) is 5.59. The number of likely N-dealkylation sites (tertiary alicyclic amines) is 1. The molecular weight excluding hydrogens is 236 g/mol. The molecule has 0 aliphatic carbocycles. The molecule has 1 aromatic heterocycles. The lowest BCUT2D eigenvalue weighted by Crippen LogP contribution is -2.32. The summed E-state index contributed by atoms with van der Waals surface area (Å²) >= 11 is 5.70. The van der Waals surface area contributed by atoms with E-state index in [1.807, 2.05) is 6.07 Å². The van der Waals surface area contributed by atoms with Gasteiger partial charge in [0.2, 0.25) is 0 Å². The van der Waals surface area contributed by atoms with E-state index in [-0.39, 0.29) is 0 Å². The molecule has 2 rings (SSSR count). The molecule has 4 heteroatoms. The van der Waals surface area contributed by atoms with Gasteiger partial charge in [-0.05, 0) is 69.2 Å². The molecule has 0 saturated carbocycles. The second-order valence-electron chi connectivity index (χ2n) is 4.64. The van der Waals surface area contributed by atoms with E-state index in [4.69, 9.17) is 16.0 Å². The minimum absolute atomic E-state index is 0.468. The first-order valence-corrected chi connectivity index (χ1v) is 6.90. The second-order valence-corrected chi connectivity index (χ2v) is 5.01. The first kappa shape index (κ1) is 12.9. The van der Waals surface area contributed by atoms with Crippen molar-refractivity contribution >= 4 is 11.6 Å². The van der Waals surface area contributed by atoms with Crippen molar-refractivity contribution in [1.29, 1.82) is 0 Å². The molecule has 0 radical (unpaired) electrons. The van der Waals surface area contributed by atoms with Gasteiger partial charge in [0.05, 0.1) is 6.54 Å². The molecular formula is C13H21ClN2O. The molecule has 0 amide bonds. The van der Waals surface area contributed by atoms with E-state index in [9.17, 15) is 0 Å². The van der Waals surface area contributed by atoms with Crippen molar-refractivity contribution < 1.29 is 4.42 Å². The van der Waals surface area contributed by atoms with Crippen molar-refractivity contribution in [2.45, 2.75) is 32.2 Å². The van der Waals surface area contributed by atoms with Crippen LogP contribution < -0.4 is 5.32 Å². The largest absolute Gasteiger partial charge is 0.448 e. The van der Waals surface area contributed by atoms with Gasteiger partial charge in [0.1, 0.15) is 5.76 Å². The van der Waals surface area contributed by atoms with Gasteiger partial charge in [-0.3, -0.25) is 0 Å². The molecule has 3 nitrogen and oxygen atoms in total. The maximum absolute atomic E-state index is 5.70. The van der Waals surface area contributed by atoms with Crippen molar-refractivity contribution in [3.8, 4) is 0 Å². The van der Waals surface area contributed by atoms with E-state index < -0.39 is 0 Å². The van der Waals surface area contributed by atoms with Crippen LogP contribution in [-0.4, -0.2) is 31.1 Å². The summed E-state index contributed by atoms with van der Waals surface area (Å²) in [5, 5.41) is 3.84. The fraction of sp³-hybridized carbons (Fsp3) is 0.692. The predicted molar refractivity (Wildman–Crippen MR) is 70.3 cm³/mol. The topological polar surface area (TPSA) is 28.4 Å². The van der Waals surface area contributed by atoms with Crippen molar-refractivity contribution in [3.05, 3.63) is 23.1 Å². The Balaban J connectivity index is 1.51. The fourth-order valence-electron chi connectivity index (χ4n) is 2.27. The van der Waals surface area contributed by atoms with Crippen molar-refractivity contribution in [2.75, 3.05) is 26.2 Å². The zero-order chi connectivity index (χ0) is 11.9. The van der Waals surface area contributed by atoms with E-state index in [1.165, 1.54) is 45.3 Å². The van der Waals surface area contributed by atoms with Gasteiger partial charge >= 0.3 is 0 Å². The number of nitrogens with zero attached hydrogens (tertiary/aromatic N) is 1. The lowest BCUT2D eigenvalue weighted by Gasteiger charge is -2.26. The number of rotatable bonds is 6. The summed E-state index contributed by atoms with van der Waals surface area (Å²) in [5.74, 6) is 0.910. The minimum Gasteiger partial charge on any atom is -0.448 e. The maximum Gasteiger partial charge on any atom is 0.193 e. The van der Waals surface area contributed by atoms with Crippen LogP contribution >= 0.6 is 11.6 Å². The standard InChI is InChI=1S/C13H21ClN2O/c14-13-6-5-12(17-13)11-15-7-4-10-16-8-2-1-3-9-16/h5-6,15H,1-4,7-11H2. The van der Waals surface area contributed by atoms with E-state index >= 15 is 0 Å². The highest BCUT2D eigenvalue weighted by Crippen LogP contribution is 2.12. The summed E-state index contributed by atoms with van der Waals surface area (Å²) in [6, 6.07) is 3.70. The summed E-state index contributed by atoms with van der Waals surface area (Å²) in [6.07, 6.45) is 5.36. The van der Waals surface area contributed by atoms with Gasteiger partial charge in [-0.25, -0.2) is 0 Å². The van der Waals surface area contributed by atoms with Gasteiger partial charge < -0.3 is 14.6 Å². The molecule has 1 aliphatic heterocycles. The summed E-state index contributed by atoms with van der Waals surface area (Å²) < 4.78 is 5.27. The predicted octanol–water partition coefficient (Wildman–Crippen LogP) is 2.90. The summed E-state index contributed by atoms with van der Waals surface area (Å²) in [7, 11) is 0. The van der Waals surface area contributed by atoms with Crippen LogP contribution in [-0.2, 0) is 6.54 Å². The Morgan fingerprint density at radius 2 is 2.06 bits per heavy atom. The molecule has 1 saturated heterocycles. The molecule has 0 bridgehead atoms. The molecule has 0 unspecified atom stereocenters. The monoisotopic (exact) mass is 256 g/mol. The summed E-state index contributed by atoms with van der Waals surface area (Å²) in [4.78, 5) is 2.56. The highest BCUT2D eigenvalue weighted by atomic mass is 35.5. The highest BCUT2D eigenvalue weighted by molar-refractivity contribution is 6.28. The number of hydrogen-bond acceptors (Lipinski definition) is 3. The van der Waals surface area contributed by atoms with Crippen LogP contribution in [0.5, 0.6) is 0 Å². The number of furan rings is 1. The van der Waals surface area contributed by atoms with E-state index in [1.54, 1.807) is 6.07 Å². The number of halogens is 1. The SMILES string of the molecule is Clc1ccc(CNCCCN2CCCCC2)o1. The maximum atomic E-state index is 5.70. The molecule has 17 heavy (non-hydrogen) atoms. The van der Waals surface area contributed by atoms with Crippen molar-refractivity contribution in [1.82, 2.24) is 10.2 Å². The van der Waals surface area contributed by atoms with Gasteiger partial charge in [0.15, 0.2) is 5.22 Å². The third-order valence-electron chi connectivity index (χ3n) is 3.20. The van der Waals surface area contributed by atoms with Gasteiger partial charge in [-0.1, -0.05) is 6.42 Å². The smallest absolute Gasteiger partial charge is 0.193 e. The third-order valence-corrected chi connectivity index (χ3v) is 3.41. The minimum atomic E-state index is 0.468. The average molecular weight is 257 g/mol. The van der Waals surface area contributed by atoms with Crippen LogP contribution in [0.25, 0.3) is 0 Å². The normalized spacial score (nSPS) is 17.5. The van der Waals surface area contributed by atoms with Crippen LogP contribution in [0.2, 0.25) is 5.22 Å². The highest BCUT2D eigenvalue weighted by Gasteiger charge is 2.08.